The molecule has 0 fully saturated rings. The number of anilines is 2. The Morgan fingerprint density at radius 2 is 1.47 bits per heavy atom. The molecule has 3 aromatic carbocycles. The Bertz CT molecular complexity index is 1300. The molecule has 9 heteroatoms. The minimum atomic E-state index is -4.68. The van der Waals surface area contributed by atoms with Crippen molar-refractivity contribution in [3.05, 3.63) is 78.6 Å². The molecule has 0 radical (unpaired) electrons. The van der Waals surface area contributed by atoms with Crippen LogP contribution in [0.5, 0.6) is 0 Å². The molecule has 0 spiro atoms. The molecule has 0 aliphatic carbocycles. The van der Waals surface area contributed by atoms with Gasteiger partial charge in [-0.15, -0.1) is 0 Å². The Balaban J connectivity index is 1.50. The van der Waals surface area contributed by atoms with Crippen LogP contribution in [-0.4, -0.2) is 21.6 Å². The molecule has 0 saturated heterocycles. The first kappa shape index (κ1) is 20.8. The zero-order chi connectivity index (χ0) is 22.3. The monoisotopic (exact) mass is 469 g/mol. The minimum Gasteiger partial charge on any atom is -0.278 e. The molecular weight excluding hydrogens is 455 g/mol. The van der Waals surface area contributed by atoms with Crippen molar-refractivity contribution in [2.75, 3.05) is 10.7 Å². The average molecular weight is 470 g/mol. The number of carbonyl (C=O) groups excluding carboxylic acids is 1. The van der Waals surface area contributed by atoms with Crippen LogP contribution >= 0.6 is 23.5 Å². The Hall–Kier alpha value is -3.04. The molecule has 160 valence electrons. The molecule has 32 heavy (non-hydrogen) atoms. The summed E-state index contributed by atoms with van der Waals surface area (Å²) in [5.41, 5.74) is 1.70. The molecule has 1 aromatic heterocycles. The summed E-state index contributed by atoms with van der Waals surface area (Å²) < 4.78 is 39.9. The van der Waals surface area contributed by atoms with Gasteiger partial charge in [-0.3, -0.25) is 9.69 Å². The van der Waals surface area contributed by atoms with E-state index >= 15 is 0 Å². The smallest absolute Gasteiger partial charge is 0.278 e. The summed E-state index contributed by atoms with van der Waals surface area (Å²) in [5.74, 6) is -1.53. The first-order valence-corrected chi connectivity index (χ1v) is 11.4. The lowest BCUT2D eigenvalue weighted by molar-refractivity contribution is -0.145. The third-order valence-corrected chi connectivity index (χ3v) is 6.94. The second-order valence-electron chi connectivity index (χ2n) is 6.92. The Labute approximate surface area is 189 Å². The van der Waals surface area contributed by atoms with E-state index in [1.54, 1.807) is 34.9 Å². The quantitative estimate of drug-likeness (QED) is 0.251. The second kappa shape index (κ2) is 8.14. The molecule has 5 rings (SSSR count). The number of nitrogens with zero attached hydrogens (tertiary/aromatic N) is 3. The summed E-state index contributed by atoms with van der Waals surface area (Å²) in [7, 11) is 0. The predicted molar refractivity (Wildman–Crippen MR) is 119 cm³/mol. The molecule has 0 bridgehead atoms. The van der Waals surface area contributed by atoms with Crippen molar-refractivity contribution in [3.8, 4) is 0 Å². The van der Waals surface area contributed by atoms with Gasteiger partial charge in [-0.05, 0) is 30.3 Å². The van der Waals surface area contributed by atoms with Crippen LogP contribution in [0.4, 0.5) is 24.5 Å². The Morgan fingerprint density at radius 3 is 2.12 bits per heavy atom. The maximum atomic E-state index is 13.3. The topological polar surface area (TPSA) is 46.1 Å². The van der Waals surface area contributed by atoms with Gasteiger partial charge in [-0.1, -0.05) is 66.0 Å². The minimum absolute atomic E-state index is 0.0777. The summed E-state index contributed by atoms with van der Waals surface area (Å²) in [6, 6.07) is 21.6. The molecule has 1 amide bonds. The molecule has 0 atom stereocenters. The van der Waals surface area contributed by atoms with Gasteiger partial charge >= 0.3 is 6.18 Å². The molecule has 1 aliphatic rings. The Morgan fingerprint density at radius 1 is 0.875 bits per heavy atom. The molecule has 0 unspecified atom stereocenters. The normalized spacial score (nSPS) is 13.0. The highest BCUT2D eigenvalue weighted by molar-refractivity contribution is 8.00. The van der Waals surface area contributed by atoms with Gasteiger partial charge in [0.15, 0.2) is 0 Å². The van der Waals surface area contributed by atoms with Gasteiger partial charge in [0.2, 0.25) is 11.7 Å². The van der Waals surface area contributed by atoms with Crippen molar-refractivity contribution in [1.82, 2.24) is 9.97 Å². The lowest BCUT2D eigenvalue weighted by Crippen LogP contribution is -2.30. The number of amides is 1. The van der Waals surface area contributed by atoms with Crippen molar-refractivity contribution in [1.29, 1.82) is 0 Å². The number of benzene rings is 3. The van der Waals surface area contributed by atoms with E-state index in [9.17, 15) is 18.0 Å². The second-order valence-corrected chi connectivity index (χ2v) is 8.97. The van der Waals surface area contributed by atoms with Crippen LogP contribution in [0, 0.1) is 0 Å². The van der Waals surface area contributed by atoms with E-state index in [-0.39, 0.29) is 22.2 Å². The number of hydrogen-bond donors (Lipinski definition) is 0. The number of hydrogen-bond acceptors (Lipinski definition) is 5. The van der Waals surface area contributed by atoms with Crippen LogP contribution in [0.1, 0.15) is 5.82 Å². The molecule has 1 aliphatic heterocycles. The molecule has 2 heterocycles. The number of halogens is 3. The van der Waals surface area contributed by atoms with Gasteiger partial charge in [0.05, 0.1) is 22.6 Å². The van der Waals surface area contributed by atoms with Crippen molar-refractivity contribution in [3.63, 3.8) is 0 Å². The highest BCUT2D eigenvalue weighted by Crippen LogP contribution is 2.48. The highest BCUT2D eigenvalue weighted by Gasteiger charge is 2.36. The van der Waals surface area contributed by atoms with E-state index in [1.807, 2.05) is 48.5 Å². The zero-order valence-electron chi connectivity index (χ0n) is 16.3. The number of rotatable bonds is 3. The molecular formula is C23H14F3N3OS2. The largest absolute Gasteiger partial charge is 0.451 e. The van der Waals surface area contributed by atoms with Gasteiger partial charge in [0.1, 0.15) is 5.03 Å². The third kappa shape index (κ3) is 3.82. The van der Waals surface area contributed by atoms with Crippen LogP contribution in [-0.2, 0) is 11.0 Å². The highest BCUT2D eigenvalue weighted by atomic mass is 32.2. The van der Waals surface area contributed by atoms with Crippen LogP contribution in [0.3, 0.4) is 0 Å². The standard InChI is InChI=1S/C23H14F3N3OS2/c24-23(25,26)22-27-15-8-2-1-7-14(15)21(28-22)31-13-20(30)29-16-9-3-5-11-18(16)32-19-12-6-4-10-17(19)29/h1-12H,13H2. The number of thioether (sulfide) groups is 1. The fourth-order valence-electron chi connectivity index (χ4n) is 3.45. The first-order valence-electron chi connectivity index (χ1n) is 9.57. The van der Waals surface area contributed by atoms with E-state index in [0.717, 1.165) is 32.9 Å². The maximum absolute atomic E-state index is 13.3. The average Bonchev–Trinajstić information content (AvgIpc) is 2.80. The van der Waals surface area contributed by atoms with Gasteiger partial charge in [0, 0.05) is 15.2 Å². The third-order valence-electron chi connectivity index (χ3n) is 4.84. The van der Waals surface area contributed by atoms with Crippen molar-refractivity contribution in [2.24, 2.45) is 0 Å². The van der Waals surface area contributed by atoms with E-state index in [2.05, 4.69) is 9.97 Å². The van der Waals surface area contributed by atoms with Crippen LogP contribution in [0.2, 0.25) is 0 Å². The van der Waals surface area contributed by atoms with E-state index in [0.29, 0.717) is 5.39 Å². The van der Waals surface area contributed by atoms with E-state index in [4.69, 9.17) is 0 Å². The maximum Gasteiger partial charge on any atom is 0.451 e. The molecule has 4 aromatic rings. The lowest BCUT2D eigenvalue weighted by Gasteiger charge is -2.31. The number of alkyl halides is 3. The molecule has 0 N–H and O–H groups in total. The molecule has 0 saturated carbocycles. The zero-order valence-corrected chi connectivity index (χ0v) is 18.0. The predicted octanol–water partition coefficient (Wildman–Crippen LogP) is 6.57. The summed E-state index contributed by atoms with van der Waals surface area (Å²) >= 11 is 2.56. The van der Waals surface area contributed by atoms with Gasteiger partial charge in [-0.25, -0.2) is 9.97 Å². The summed E-state index contributed by atoms with van der Waals surface area (Å²) in [5, 5.41) is 0.609. The number of aromatic nitrogens is 2. The summed E-state index contributed by atoms with van der Waals surface area (Å²) in [6.45, 7) is 0. The van der Waals surface area contributed by atoms with Crippen LogP contribution in [0.15, 0.2) is 87.6 Å². The van der Waals surface area contributed by atoms with Crippen LogP contribution < -0.4 is 4.90 Å². The fraction of sp³-hybridized carbons (Fsp3) is 0.0870. The van der Waals surface area contributed by atoms with E-state index < -0.39 is 12.0 Å². The van der Waals surface area contributed by atoms with Crippen molar-refractivity contribution < 1.29 is 18.0 Å². The van der Waals surface area contributed by atoms with Crippen molar-refractivity contribution >= 4 is 51.7 Å². The number of fused-ring (bicyclic) bond motifs is 3. The van der Waals surface area contributed by atoms with E-state index in [1.165, 1.54) is 6.07 Å². The first-order chi connectivity index (χ1) is 15.4. The van der Waals surface area contributed by atoms with Gasteiger partial charge < -0.3 is 0 Å². The number of carbonyl (C=O) groups is 1. The SMILES string of the molecule is O=C(CSc1nc(C(F)(F)F)nc2ccccc12)N1c2ccccc2Sc2ccccc21. The number of para-hydroxylation sites is 3. The van der Waals surface area contributed by atoms with Gasteiger partial charge in [0.25, 0.3) is 0 Å². The lowest BCUT2D eigenvalue weighted by atomic mass is 10.2. The Kier molecular flexibility index (Phi) is 5.30. The fourth-order valence-corrected chi connectivity index (χ4v) is 5.38. The van der Waals surface area contributed by atoms with Crippen molar-refractivity contribution in [2.45, 2.75) is 21.0 Å². The summed E-state index contributed by atoms with van der Waals surface area (Å²) in [4.78, 5) is 24.2. The van der Waals surface area contributed by atoms with Crippen LogP contribution in [0.25, 0.3) is 10.9 Å². The molecule has 4 nitrogen and oxygen atoms in total. The van der Waals surface area contributed by atoms with Gasteiger partial charge in [-0.2, -0.15) is 13.2 Å². The summed E-state index contributed by atoms with van der Waals surface area (Å²) in [6.07, 6.45) is -4.68.